The Labute approximate surface area is 67.7 Å². The summed E-state index contributed by atoms with van der Waals surface area (Å²) < 4.78 is 0. The first kappa shape index (κ1) is 7.67. The van der Waals surface area contributed by atoms with Crippen molar-refractivity contribution >= 4 is 12.6 Å². The van der Waals surface area contributed by atoms with Crippen molar-refractivity contribution in [3.63, 3.8) is 0 Å². The lowest BCUT2D eigenvalue weighted by Gasteiger charge is -1.97. The average Bonchev–Trinajstić information content (AvgIpc) is 1.88. The van der Waals surface area contributed by atoms with Crippen LogP contribution in [0.5, 0.6) is 0 Å². The minimum atomic E-state index is 0.906. The molecule has 0 spiro atoms. The van der Waals surface area contributed by atoms with Gasteiger partial charge in [-0.25, -0.2) is 0 Å². The van der Waals surface area contributed by atoms with Crippen LogP contribution in [0, 0.1) is 6.92 Å². The lowest BCUT2D eigenvalue weighted by molar-refractivity contribution is 1.16. The zero-order chi connectivity index (χ0) is 7.40. The quantitative estimate of drug-likeness (QED) is 0.616. The number of hydrogen-bond acceptors (Lipinski definition) is 1. The van der Waals surface area contributed by atoms with Gasteiger partial charge in [0.2, 0.25) is 0 Å². The molecule has 1 aromatic carbocycles. The summed E-state index contributed by atoms with van der Waals surface area (Å²) >= 11 is 4.15. The van der Waals surface area contributed by atoms with Gasteiger partial charge in [0.15, 0.2) is 0 Å². The van der Waals surface area contributed by atoms with E-state index >= 15 is 0 Å². The summed E-state index contributed by atoms with van der Waals surface area (Å²) in [5.74, 6) is 0.906. The first-order valence-corrected chi connectivity index (χ1v) is 3.98. The van der Waals surface area contributed by atoms with E-state index in [4.69, 9.17) is 0 Å². The van der Waals surface area contributed by atoms with E-state index in [-0.39, 0.29) is 0 Å². The van der Waals surface area contributed by atoms with Crippen molar-refractivity contribution in [2.24, 2.45) is 0 Å². The molecule has 0 unspecified atom stereocenters. The number of benzene rings is 1. The third kappa shape index (κ3) is 2.07. The lowest BCUT2D eigenvalue weighted by Crippen LogP contribution is -1.85. The van der Waals surface area contributed by atoms with Gasteiger partial charge in [-0.2, -0.15) is 12.6 Å². The molecule has 0 aliphatic carbocycles. The average molecular weight is 151 g/mol. The molecular weight excluding hydrogens is 140 g/mol. The zero-order valence-corrected chi connectivity index (χ0v) is 6.77. The molecule has 0 saturated heterocycles. The van der Waals surface area contributed by atoms with Crippen molar-refractivity contribution in [3.05, 3.63) is 42.3 Å². The molecule has 1 aromatic rings. The van der Waals surface area contributed by atoms with Crippen LogP contribution in [0.4, 0.5) is 0 Å². The van der Waals surface area contributed by atoms with Gasteiger partial charge in [-0.05, 0) is 30.2 Å². The van der Waals surface area contributed by atoms with Gasteiger partial charge < -0.3 is 0 Å². The fourth-order valence-electron chi connectivity index (χ4n) is 0.914. The van der Waals surface area contributed by atoms with Crippen LogP contribution >= 0.6 is 12.6 Å². The Bertz CT molecular complexity index is 206. The molecule has 0 bridgehead atoms. The summed E-state index contributed by atoms with van der Waals surface area (Å²) in [5.41, 5.74) is 2.40. The van der Waals surface area contributed by atoms with E-state index < -0.39 is 0 Å². The Hall–Kier alpha value is -0.430. The molecule has 0 N–H and O–H groups in total. The molecule has 0 aliphatic heterocycles. The highest BCUT2D eigenvalue weighted by Crippen LogP contribution is 2.04. The van der Waals surface area contributed by atoms with Gasteiger partial charge >= 0.3 is 0 Å². The maximum atomic E-state index is 4.15. The molecule has 0 atom stereocenters. The summed E-state index contributed by atoms with van der Waals surface area (Å²) in [6.07, 6.45) is 1.03. The van der Waals surface area contributed by atoms with Gasteiger partial charge in [-0.1, -0.05) is 24.3 Å². The van der Waals surface area contributed by atoms with E-state index in [2.05, 4.69) is 31.7 Å². The Balaban J connectivity index is 2.75. The van der Waals surface area contributed by atoms with E-state index in [1.807, 2.05) is 12.1 Å². The van der Waals surface area contributed by atoms with Crippen LogP contribution in [0.1, 0.15) is 11.1 Å². The SMILES string of the molecule is [CH2]c1cccc(CCS)c1. The Kier molecular flexibility index (Phi) is 2.82. The molecule has 53 valence electrons. The standard InChI is InChI=1S/C9H11S/c1-8-3-2-4-9(7-8)5-6-10/h2-4,7,10H,1,5-6H2. The van der Waals surface area contributed by atoms with Gasteiger partial charge in [-0.15, -0.1) is 0 Å². The topological polar surface area (TPSA) is 0 Å². The molecule has 0 aromatic heterocycles. The molecule has 0 saturated carbocycles. The van der Waals surface area contributed by atoms with Crippen LogP contribution in [0.25, 0.3) is 0 Å². The van der Waals surface area contributed by atoms with E-state index in [0.717, 1.165) is 17.7 Å². The molecule has 0 heterocycles. The van der Waals surface area contributed by atoms with Crippen LogP contribution in [-0.4, -0.2) is 5.75 Å². The van der Waals surface area contributed by atoms with Crippen molar-refractivity contribution in [2.75, 3.05) is 5.75 Å². The van der Waals surface area contributed by atoms with Gasteiger partial charge in [0.25, 0.3) is 0 Å². The van der Waals surface area contributed by atoms with Gasteiger partial charge in [0, 0.05) is 0 Å². The highest BCUT2D eigenvalue weighted by molar-refractivity contribution is 7.80. The highest BCUT2D eigenvalue weighted by atomic mass is 32.1. The number of hydrogen-bond donors (Lipinski definition) is 1. The van der Waals surface area contributed by atoms with Crippen molar-refractivity contribution in [1.29, 1.82) is 0 Å². The summed E-state index contributed by atoms with van der Waals surface area (Å²) in [4.78, 5) is 0. The van der Waals surface area contributed by atoms with Crippen LogP contribution in [0.15, 0.2) is 24.3 Å². The van der Waals surface area contributed by atoms with Crippen molar-refractivity contribution in [2.45, 2.75) is 6.42 Å². The smallest absolute Gasteiger partial charge is 0.00574 e. The summed E-state index contributed by atoms with van der Waals surface area (Å²) in [7, 11) is 0. The molecule has 10 heavy (non-hydrogen) atoms. The van der Waals surface area contributed by atoms with E-state index in [1.165, 1.54) is 5.56 Å². The van der Waals surface area contributed by atoms with E-state index in [0.29, 0.717) is 0 Å². The molecule has 1 rings (SSSR count). The normalized spacial score (nSPS) is 9.80. The second kappa shape index (κ2) is 3.67. The van der Waals surface area contributed by atoms with Crippen molar-refractivity contribution in [1.82, 2.24) is 0 Å². The molecule has 0 nitrogen and oxygen atoms in total. The minimum absolute atomic E-state index is 0.906. The second-order valence-corrected chi connectivity index (χ2v) is 2.74. The van der Waals surface area contributed by atoms with Crippen molar-refractivity contribution < 1.29 is 0 Å². The lowest BCUT2D eigenvalue weighted by atomic mass is 10.1. The molecule has 1 heteroatoms. The second-order valence-electron chi connectivity index (χ2n) is 2.29. The molecule has 0 fully saturated rings. The molecule has 1 radical (unpaired) electrons. The summed E-state index contributed by atoms with van der Waals surface area (Å²) in [6.45, 7) is 3.84. The first-order valence-electron chi connectivity index (χ1n) is 3.34. The Morgan fingerprint density at radius 1 is 1.40 bits per heavy atom. The van der Waals surface area contributed by atoms with E-state index in [9.17, 15) is 0 Å². The van der Waals surface area contributed by atoms with Crippen molar-refractivity contribution in [3.8, 4) is 0 Å². The number of thiol groups is 1. The van der Waals surface area contributed by atoms with Crippen LogP contribution in [0.3, 0.4) is 0 Å². The predicted molar refractivity (Wildman–Crippen MR) is 48.5 cm³/mol. The molecular formula is C9H11S. The largest absolute Gasteiger partial charge is 0.179 e. The number of aryl methyl sites for hydroxylation is 1. The third-order valence-corrected chi connectivity index (χ3v) is 1.62. The van der Waals surface area contributed by atoms with Crippen LogP contribution in [-0.2, 0) is 6.42 Å². The Morgan fingerprint density at radius 2 is 2.20 bits per heavy atom. The first-order chi connectivity index (χ1) is 4.83. The van der Waals surface area contributed by atoms with Crippen LogP contribution in [0.2, 0.25) is 0 Å². The van der Waals surface area contributed by atoms with Gasteiger partial charge in [0.05, 0.1) is 0 Å². The highest BCUT2D eigenvalue weighted by Gasteiger charge is 1.89. The fourth-order valence-corrected chi connectivity index (χ4v) is 1.17. The van der Waals surface area contributed by atoms with Gasteiger partial charge in [-0.3, -0.25) is 0 Å². The van der Waals surface area contributed by atoms with E-state index in [1.54, 1.807) is 0 Å². The molecule has 0 amide bonds. The maximum absolute atomic E-state index is 4.15. The Morgan fingerprint density at radius 3 is 2.80 bits per heavy atom. The minimum Gasteiger partial charge on any atom is -0.179 e. The monoisotopic (exact) mass is 151 g/mol. The summed E-state index contributed by atoms with van der Waals surface area (Å²) in [6, 6.07) is 8.23. The zero-order valence-electron chi connectivity index (χ0n) is 5.88. The number of rotatable bonds is 2. The maximum Gasteiger partial charge on any atom is -0.00574 e. The predicted octanol–water partition coefficient (Wildman–Crippen LogP) is 2.34. The summed E-state index contributed by atoms with van der Waals surface area (Å²) in [5, 5.41) is 0. The van der Waals surface area contributed by atoms with Gasteiger partial charge in [0.1, 0.15) is 0 Å². The fraction of sp³-hybridized carbons (Fsp3) is 0.222. The molecule has 0 aliphatic rings. The third-order valence-electron chi connectivity index (χ3n) is 1.39. The van der Waals surface area contributed by atoms with Crippen LogP contribution < -0.4 is 0 Å².